The van der Waals surface area contributed by atoms with Gasteiger partial charge >= 0.3 is 0 Å². The topological polar surface area (TPSA) is 73.6 Å². The second-order valence-corrected chi connectivity index (χ2v) is 4.92. The Balaban J connectivity index is 2.63. The number of aromatic hydroxyl groups is 1. The number of aliphatic hydroxyl groups is 2. The molecule has 0 saturated carbocycles. The minimum Gasteiger partial charge on any atom is -0.505 e. The van der Waals surface area contributed by atoms with Crippen LogP contribution in [0.4, 0.5) is 0 Å². The Bertz CT molecular complexity index is 578. The van der Waals surface area contributed by atoms with Gasteiger partial charge in [-0.3, -0.25) is 4.98 Å². The van der Waals surface area contributed by atoms with Gasteiger partial charge in [-0.25, -0.2) is 0 Å². The summed E-state index contributed by atoms with van der Waals surface area (Å²) in [7, 11) is 0. The van der Waals surface area contributed by atoms with Gasteiger partial charge < -0.3 is 15.3 Å². The van der Waals surface area contributed by atoms with Crippen LogP contribution in [0, 0.1) is 0 Å². The maximum absolute atomic E-state index is 10.1. The number of hydrogen-bond acceptors (Lipinski definition) is 4. The average molecular weight is 333 g/mol. The summed E-state index contributed by atoms with van der Waals surface area (Å²) in [4.78, 5) is 4.03. The molecule has 3 N–H and O–H groups in total. The first-order valence-electron chi connectivity index (χ1n) is 5.24. The number of phenolic OH excluding ortho intramolecular Hbond substituents is 1. The number of rotatable bonds is 3. The molecule has 4 nitrogen and oxygen atoms in total. The summed E-state index contributed by atoms with van der Waals surface area (Å²) in [5.41, 5.74) is 0.471. The van der Waals surface area contributed by atoms with Crippen LogP contribution in [0.2, 0.25) is 5.02 Å². The molecule has 1 heterocycles. The van der Waals surface area contributed by atoms with E-state index in [0.717, 1.165) is 0 Å². The molecule has 0 radical (unpaired) electrons. The van der Waals surface area contributed by atoms with E-state index in [1.165, 1.54) is 12.3 Å². The average Bonchev–Trinajstić information content (AvgIpc) is 2.41. The maximum Gasteiger partial charge on any atom is 0.147 e. The monoisotopic (exact) mass is 331 g/mol. The van der Waals surface area contributed by atoms with Crippen molar-refractivity contribution in [3.63, 3.8) is 0 Å². The largest absolute Gasteiger partial charge is 0.505 e. The first kappa shape index (κ1) is 13.5. The zero-order valence-electron chi connectivity index (χ0n) is 9.22. The van der Waals surface area contributed by atoms with Crippen LogP contribution in [-0.2, 0) is 0 Å². The van der Waals surface area contributed by atoms with Gasteiger partial charge in [0.05, 0.1) is 11.1 Å². The molecule has 0 amide bonds. The lowest BCUT2D eigenvalue weighted by Crippen LogP contribution is -2.19. The molecule has 2 rings (SSSR count). The minimum atomic E-state index is -1.23. The van der Waals surface area contributed by atoms with Crippen molar-refractivity contribution in [3.8, 4) is 5.75 Å². The lowest BCUT2D eigenvalue weighted by molar-refractivity contribution is 0.0329. The molecule has 2 aromatic rings. The van der Waals surface area contributed by atoms with E-state index in [0.29, 0.717) is 15.9 Å². The Labute approximate surface area is 117 Å². The van der Waals surface area contributed by atoms with Gasteiger partial charge in [-0.15, -0.1) is 0 Å². The van der Waals surface area contributed by atoms with Crippen LogP contribution in [0.5, 0.6) is 5.75 Å². The van der Waals surface area contributed by atoms with Crippen LogP contribution in [0.1, 0.15) is 11.7 Å². The molecule has 0 aliphatic heterocycles. The van der Waals surface area contributed by atoms with Crippen molar-refractivity contribution in [2.24, 2.45) is 0 Å². The first-order chi connectivity index (χ1) is 8.56. The number of hydrogen-bond donors (Lipinski definition) is 3. The summed E-state index contributed by atoms with van der Waals surface area (Å²) in [5.74, 6) is -0.164. The fourth-order valence-corrected chi connectivity index (χ4v) is 2.35. The van der Waals surface area contributed by atoms with E-state index < -0.39 is 12.2 Å². The Kier molecular flexibility index (Phi) is 4.07. The van der Waals surface area contributed by atoms with E-state index in [1.54, 1.807) is 12.1 Å². The number of aliphatic hydroxyl groups excluding tert-OH is 2. The lowest BCUT2D eigenvalue weighted by atomic mass is 10.0. The van der Waals surface area contributed by atoms with E-state index in [4.69, 9.17) is 11.6 Å². The van der Waals surface area contributed by atoms with Crippen LogP contribution >= 0.6 is 27.5 Å². The fourth-order valence-electron chi connectivity index (χ4n) is 1.72. The van der Waals surface area contributed by atoms with Crippen LogP contribution in [0.25, 0.3) is 10.9 Å². The summed E-state index contributed by atoms with van der Waals surface area (Å²) in [6.45, 7) is 0. The quantitative estimate of drug-likeness (QED) is 0.755. The molecule has 6 heteroatoms. The third-order valence-electron chi connectivity index (χ3n) is 2.69. The molecule has 1 aromatic heterocycles. The van der Waals surface area contributed by atoms with Crippen LogP contribution in [0.3, 0.4) is 0 Å². The number of benzene rings is 1. The van der Waals surface area contributed by atoms with Gasteiger partial charge in [-0.2, -0.15) is 0 Å². The number of fused-ring (bicyclic) bond motifs is 1. The van der Waals surface area contributed by atoms with Crippen LogP contribution < -0.4 is 0 Å². The van der Waals surface area contributed by atoms with E-state index in [9.17, 15) is 15.3 Å². The smallest absolute Gasteiger partial charge is 0.147 e. The molecule has 1 aromatic carbocycles. The SMILES string of the molecule is Oc1c(C(O)C(O)CBr)cc(Cl)c2cccnc12. The lowest BCUT2D eigenvalue weighted by Gasteiger charge is -2.18. The third kappa shape index (κ3) is 2.31. The van der Waals surface area contributed by atoms with Crippen molar-refractivity contribution in [3.05, 3.63) is 35.0 Å². The Morgan fingerprint density at radius 1 is 1.39 bits per heavy atom. The molecule has 96 valence electrons. The highest BCUT2D eigenvalue weighted by Crippen LogP contribution is 2.37. The van der Waals surface area contributed by atoms with Gasteiger partial charge in [0.2, 0.25) is 0 Å². The molecule has 0 saturated heterocycles. The summed E-state index contributed by atoms with van der Waals surface area (Å²) < 4.78 is 0. The number of nitrogens with zero attached hydrogens (tertiary/aromatic N) is 1. The van der Waals surface area contributed by atoms with E-state index in [-0.39, 0.29) is 16.6 Å². The Hall–Kier alpha value is -0.880. The number of phenols is 1. The highest BCUT2D eigenvalue weighted by Gasteiger charge is 2.23. The predicted octanol–water partition coefficient (Wildman–Crippen LogP) is 2.38. The standard InChI is InChI=1S/C12H11BrClNO3/c13-5-9(16)11(17)7-4-8(14)6-2-1-3-15-10(6)12(7)18/h1-4,9,11,16-18H,5H2. The molecule has 0 bridgehead atoms. The van der Waals surface area contributed by atoms with Crippen molar-refractivity contribution in [1.29, 1.82) is 0 Å². The van der Waals surface area contributed by atoms with Crippen molar-refractivity contribution >= 4 is 38.4 Å². The van der Waals surface area contributed by atoms with Gasteiger partial charge in [0, 0.05) is 22.5 Å². The van der Waals surface area contributed by atoms with Crippen LogP contribution in [-0.4, -0.2) is 31.7 Å². The number of halogens is 2. The summed E-state index contributed by atoms with van der Waals surface area (Å²) in [5, 5.41) is 30.8. The third-order valence-corrected chi connectivity index (χ3v) is 3.66. The molecule has 2 atom stereocenters. The zero-order valence-corrected chi connectivity index (χ0v) is 11.6. The molecule has 2 unspecified atom stereocenters. The van der Waals surface area contributed by atoms with E-state index in [1.807, 2.05) is 0 Å². The highest BCUT2D eigenvalue weighted by atomic mass is 79.9. The fraction of sp³-hybridized carbons (Fsp3) is 0.250. The Morgan fingerprint density at radius 3 is 2.78 bits per heavy atom. The maximum atomic E-state index is 10.1. The van der Waals surface area contributed by atoms with Gasteiger partial charge in [0.25, 0.3) is 0 Å². The van der Waals surface area contributed by atoms with E-state index >= 15 is 0 Å². The van der Waals surface area contributed by atoms with Gasteiger partial charge in [0.15, 0.2) is 0 Å². The number of alkyl halides is 1. The first-order valence-corrected chi connectivity index (χ1v) is 6.74. The minimum absolute atomic E-state index is 0.164. The second-order valence-electron chi connectivity index (χ2n) is 3.86. The van der Waals surface area contributed by atoms with Crippen molar-refractivity contribution in [2.75, 3.05) is 5.33 Å². The zero-order chi connectivity index (χ0) is 13.3. The van der Waals surface area contributed by atoms with Crippen molar-refractivity contribution in [1.82, 2.24) is 4.98 Å². The van der Waals surface area contributed by atoms with Gasteiger partial charge in [-0.1, -0.05) is 27.5 Å². The molecular formula is C12H11BrClNO3. The number of pyridine rings is 1. The highest BCUT2D eigenvalue weighted by molar-refractivity contribution is 9.09. The summed E-state index contributed by atoms with van der Waals surface area (Å²) in [6.07, 6.45) is -0.739. The predicted molar refractivity (Wildman–Crippen MR) is 73.2 cm³/mol. The second kappa shape index (κ2) is 5.40. The molecule has 0 aliphatic rings. The molecule has 0 spiro atoms. The molecular weight excluding hydrogens is 321 g/mol. The number of aromatic nitrogens is 1. The Morgan fingerprint density at radius 2 is 2.11 bits per heavy atom. The normalized spacial score (nSPS) is 14.7. The molecule has 0 fully saturated rings. The van der Waals surface area contributed by atoms with Crippen LogP contribution in [0.15, 0.2) is 24.4 Å². The molecule has 0 aliphatic carbocycles. The summed E-state index contributed by atoms with van der Waals surface area (Å²) >= 11 is 9.14. The van der Waals surface area contributed by atoms with E-state index in [2.05, 4.69) is 20.9 Å². The van der Waals surface area contributed by atoms with Crippen molar-refractivity contribution < 1.29 is 15.3 Å². The van der Waals surface area contributed by atoms with Crippen molar-refractivity contribution in [2.45, 2.75) is 12.2 Å². The molecule has 18 heavy (non-hydrogen) atoms. The van der Waals surface area contributed by atoms with Gasteiger partial charge in [0.1, 0.15) is 17.4 Å². The van der Waals surface area contributed by atoms with Gasteiger partial charge in [-0.05, 0) is 18.2 Å². The summed E-state index contributed by atoms with van der Waals surface area (Å²) in [6, 6.07) is 4.87.